The number of methoxy groups -OCH3 is 3. The minimum atomic E-state index is -1.06. The summed E-state index contributed by atoms with van der Waals surface area (Å²) in [6.45, 7) is 1.27. The van der Waals surface area contributed by atoms with Gasteiger partial charge in [-0.15, -0.1) is 0 Å². The van der Waals surface area contributed by atoms with Crippen LogP contribution in [0.25, 0.3) is 0 Å². The van der Waals surface area contributed by atoms with Crippen molar-refractivity contribution < 1.29 is 38.2 Å². The van der Waals surface area contributed by atoms with Crippen molar-refractivity contribution in [1.29, 1.82) is 0 Å². The van der Waals surface area contributed by atoms with Crippen molar-refractivity contribution in [3.05, 3.63) is 46.0 Å². The Hall–Kier alpha value is -4.02. The molecule has 11 heteroatoms. The number of carbonyl (C=O) groups excluding carboxylic acids is 2. The zero-order chi connectivity index (χ0) is 23.0. The van der Waals surface area contributed by atoms with Crippen LogP contribution in [0.3, 0.4) is 0 Å². The molecule has 0 unspecified atom stereocenters. The van der Waals surface area contributed by atoms with Crippen LogP contribution in [0.1, 0.15) is 17.3 Å². The monoisotopic (exact) mass is 434 g/mol. The number of hydrogen-bond acceptors (Lipinski definition) is 9. The van der Waals surface area contributed by atoms with E-state index < -0.39 is 29.1 Å². The number of hydrogen-bond donors (Lipinski definition) is 1. The van der Waals surface area contributed by atoms with Crippen LogP contribution in [0, 0.1) is 10.1 Å². The van der Waals surface area contributed by atoms with E-state index in [1.165, 1.54) is 21.3 Å². The van der Waals surface area contributed by atoms with Crippen LogP contribution >= 0.6 is 0 Å². The first-order valence-corrected chi connectivity index (χ1v) is 9.02. The van der Waals surface area contributed by atoms with Gasteiger partial charge in [0.25, 0.3) is 11.6 Å². The van der Waals surface area contributed by atoms with Gasteiger partial charge in [-0.25, -0.2) is 4.79 Å². The minimum absolute atomic E-state index is 0.0921. The highest BCUT2D eigenvalue weighted by Gasteiger charge is 2.26. The Morgan fingerprint density at radius 1 is 1.00 bits per heavy atom. The number of benzene rings is 2. The van der Waals surface area contributed by atoms with Gasteiger partial charge in [-0.05, 0) is 19.1 Å². The van der Waals surface area contributed by atoms with Crippen LogP contribution in [-0.4, -0.2) is 51.3 Å². The van der Waals surface area contributed by atoms with E-state index in [9.17, 15) is 19.7 Å². The van der Waals surface area contributed by atoms with Gasteiger partial charge in [0, 0.05) is 12.1 Å². The lowest BCUT2D eigenvalue weighted by molar-refractivity contribution is -0.385. The lowest BCUT2D eigenvalue weighted by Crippen LogP contribution is -2.21. The number of ether oxygens (including phenoxy) is 5. The molecule has 166 valence electrons. The lowest BCUT2D eigenvalue weighted by atomic mass is 10.1. The Kier molecular flexibility index (Phi) is 8.01. The summed E-state index contributed by atoms with van der Waals surface area (Å²) in [5.74, 6) is -0.640. The predicted octanol–water partition coefficient (Wildman–Crippen LogP) is 2.81. The maximum Gasteiger partial charge on any atom is 0.345 e. The van der Waals surface area contributed by atoms with Gasteiger partial charge >= 0.3 is 5.97 Å². The summed E-state index contributed by atoms with van der Waals surface area (Å²) in [6, 6.07) is 6.94. The quantitative estimate of drug-likeness (QED) is 0.340. The number of nitrogens with zero attached hydrogens (tertiary/aromatic N) is 1. The molecule has 0 aliphatic rings. The molecule has 2 aromatic rings. The van der Waals surface area contributed by atoms with Crippen LogP contribution < -0.4 is 24.3 Å². The molecule has 1 N–H and O–H groups in total. The first-order valence-electron chi connectivity index (χ1n) is 9.02. The van der Waals surface area contributed by atoms with Gasteiger partial charge < -0.3 is 29.0 Å². The van der Waals surface area contributed by atoms with Gasteiger partial charge in [-0.2, -0.15) is 0 Å². The van der Waals surface area contributed by atoms with Gasteiger partial charge in [-0.3, -0.25) is 14.9 Å². The molecule has 11 nitrogen and oxygen atoms in total. The first kappa shape index (κ1) is 23.3. The number of amides is 1. The van der Waals surface area contributed by atoms with E-state index in [0.29, 0.717) is 17.2 Å². The average molecular weight is 434 g/mol. The molecular weight excluding hydrogens is 412 g/mol. The van der Waals surface area contributed by atoms with Crippen LogP contribution in [-0.2, 0) is 9.53 Å². The zero-order valence-corrected chi connectivity index (χ0v) is 17.4. The average Bonchev–Trinajstić information content (AvgIpc) is 2.77. The van der Waals surface area contributed by atoms with E-state index in [1.807, 2.05) is 0 Å². The van der Waals surface area contributed by atoms with Crippen molar-refractivity contribution in [1.82, 2.24) is 0 Å². The summed E-state index contributed by atoms with van der Waals surface area (Å²) in [5.41, 5.74) is -0.579. The second kappa shape index (κ2) is 10.7. The Balaban J connectivity index is 2.15. The topological polar surface area (TPSA) is 135 Å². The van der Waals surface area contributed by atoms with Gasteiger partial charge in [0.15, 0.2) is 18.1 Å². The summed E-state index contributed by atoms with van der Waals surface area (Å²) in [5, 5.41) is 13.9. The number of rotatable bonds is 10. The van der Waals surface area contributed by atoms with E-state index in [0.717, 1.165) is 12.1 Å². The van der Waals surface area contributed by atoms with Crippen molar-refractivity contribution in [2.45, 2.75) is 6.92 Å². The largest absolute Gasteiger partial charge is 0.497 e. The fourth-order valence-electron chi connectivity index (χ4n) is 2.59. The van der Waals surface area contributed by atoms with Gasteiger partial charge in [0.2, 0.25) is 0 Å². The maximum atomic E-state index is 12.4. The highest BCUT2D eigenvalue weighted by Crippen LogP contribution is 2.35. The molecule has 1 amide bonds. The smallest absolute Gasteiger partial charge is 0.345 e. The summed E-state index contributed by atoms with van der Waals surface area (Å²) < 4.78 is 25.6. The standard InChI is InChI=1S/C20H22N2O9/c1-5-30-18-9-13(15(22(25)26)10-17(18)29-4)20(24)31-11-19(23)21-14-7-6-12(27-2)8-16(14)28-3/h6-10H,5,11H2,1-4H3,(H,21,23). The van der Waals surface area contributed by atoms with E-state index >= 15 is 0 Å². The molecular formula is C20H22N2O9. The van der Waals surface area contributed by atoms with Crippen LogP contribution in [0.2, 0.25) is 0 Å². The SMILES string of the molecule is CCOc1cc(C(=O)OCC(=O)Nc2ccc(OC)cc2OC)c([N+](=O)[O-])cc1OC. The molecule has 0 fully saturated rings. The highest BCUT2D eigenvalue weighted by atomic mass is 16.6. The third kappa shape index (κ3) is 5.75. The van der Waals surface area contributed by atoms with Crippen molar-refractivity contribution in [2.24, 2.45) is 0 Å². The first-order chi connectivity index (χ1) is 14.8. The molecule has 0 aromatic heterocycles. The molecule has 31 heavy (non-hydrogen) atoms. The fraction of sp³-hybridized carbons (Fsp3) is 0.300. The summed E-state index contributed by atoms with van der Waals surface area (Å²) in [4.78, 5) is 35.3. The molecule has 0 aliphatic heterocycles. The Labute approximate surface area is 178 Å². The number of nitrogens with one attached hydrogen (secondary N) is 1. The van der Waals surface area contributed by atoms with Crippen LogP contribution in [0.5, 0.6) is 23.0 Å². The normalized spacial score (nSPS) is 10.1. The van der Waals surface area contributed by atoms with Crippen molar-refractivity contribution in [2.75, 3.05) is 39.9 Å². The third-order valence-electron chi connectivity index (χ3n) is 4.02. The molecule has 0 saturated carbocycles. The minimum Gasteiger partial charge on any atom is -0.497 e. The Bertz CT molecular complexity index is 975. The molecule has 0 saturated heterocycles. The molecule has 0 atom stereocenters. The summed E-state index contributed by atoms with van der Waals surface area (Å²) >= 11 is 0. The molecule has 0 bridgehead atoms. The van der Waals surface area contributed by atoms with Gasteiger partial charge in [0.1, 0.15) is 17.1 Å². The molecule has 0 heterocycles. The predicted molar refractivity (Wildman–Crippen MR) is 109 cm³/mol. The fourth-order valence-corrected chi connectivity index (χ4v) is 2.59. The molecule has 0 radical (unpaired) electrons. The van der Waals surface area contributed by atoms with Crippen molar-refractivity contribution in [3.8, 4) is 23.0 Å². The van der Waals surface area contributed by atoms with Crippen LogP contribution in [0.4, 0.5) is 11.4 Å². The van der Waals surface area contributed by atoms with E-state index in [2.05, 4.69) is 5.32 Å². The van der Waals surface area contributed by atoms with Crippen molar-refractivity contribution in [3.63, 3.8) is 0 Å². The Morgan fingerprint density at radius 2 is 1.71 bits per heavy atom. The zero-order valence-electron chi connectivity index (χ0n) is 17.4. The molecule has 0 aliphatic carbocycles. The van der Waals surface area contributed by atoms with E-state index in [1.54, 1.807) is 25.1 Å². The summed E-state index contributed by atoms with van der Waals surface area (Å²) in [7, 11) is 4.22. The maximum absolute atomic E-state index is 12.4. The van der Waals surface area contributed by atoms with Gasteiger partial charge in [0.05, 0.1) is 44.6 Å². The van der Waals surface area contributed by atoms with Gasteiger partial charge in [-0.1, -0.05) is 0 Å². The number of esters is 1. The van der Waals surface area contributed by atoms with E-state index in [4.69, 9.17) is 23.7 Å². The number of carbonyl (C=O) groups is 2. The highest BCUT2D eigenvalue weighted by molar-refractivity contribution is 5.98. The lowest BCUT2D eigenvalue weighted by Gasteiger charge is -2.13. The molecule has 2 aromatic carbocycles. The van der Waals surface area contributed by atoms with Crippen molar-refractivity contribution >= 4 is 23.3 Å². The second-order valence-electron chi connectivity index (χ2n) is 5.90. The molecule has 2 rings (SSSR count). The van der Waals surface area contributed by atoms with Crippen LogP contribution in [0.15, 0.2) is 30.3 Å². The molecule has 0 spiro atoms. The summed E-state index contributed by atoms with van der Waals surface area (Å²) in [6.07, 6.45) is 0. The van der Waals surface area contributed by atoms with E-state index in [-0.39, 0.29) is 23.7 Å². The second-order valence-corrected chi connectivity index (χ2v) is 5.90. The number of nitro benzene ring substituents is 1. The Morgan fingerprint density at radius 3 is 2.29 bits per heavy atom. The number of nitro groups is 1. The number of anilines is 1. The third-order valence-corrected chi connectivity index (χ3v) is 4.02.